The number of nitrogens with zero attached hydrogens (tertiary/aromatic N) is 1. The SMILES string of the molecule is CCCOc1ccc(Br)cc1CNCC1CCN(CC)C1. The first-order valence-electron chi connectivity index (χ1n) is 8.07. The molecule has 1 saturated heterocycles. The van der Waals surface area contributed by atoms with E-state index in [1.165, 1.54) is 31.6 Å². The molecule has 1 aliphatic rings. The molecule has 2 rings (SSSR count). The summed E-state index contributed by atoms with van der Waals surface area (Å²) in [6, 6.07) is 6.26. The summed E-state index contributed by atoms with van der Waals surface area (Å²) in [4.78, 5) is 2.53. The third kappa shape index (κ3) is 5.28. The molecular weight excluding hydrogens is 328 g/mol. The Morgan fingerprint density at radius 1 is 1.38 bits per heavy atom. The van der Waals surface area contributed by atoms with Crippen molar-refractivity contribution >= 4 is 15.9 Å². The van der Waals surface area contributed by atoms with Gasteiger partial charge in [0.2, 0.25) is 0 Å². The summed E-state index contributed by atoms with van der Waals surface area (Å²) in [7, 11) is 0. The number of hydrogen-bond donors (Lipinski definition) is 1. The van der Waals surface area contributed by atoms with Crippen LogP contribution in [0.5, 0.6) is 5.75 Å². The minimum atomic E-state index is 0.780. The molecule has 0 amide bonds. The second-order valence-corrected chi connectivity index (χ2v) is 6.70. The number of benzene rings is 1. The second kappa shape index (κ2) is 8.76. The topological polar surface area (TPSA) is 24.5 Å². The van der Waals surface area contributed by atoms with E-state index in [2.05, 4.69) is 52.1 Å². The van der Waals surface area contributed by atoms with Crippen LogP contribution in [0, 0.1) is 5.92 Å². The molecular formula is C17H27BrN2O. The van der Waals surface area contributed by atoms with E-state index in [1.54, 1.807) is 0 Å². The van der Waals surface area contributed by atoms with E-state index >= 15 is 0 Å². The fourth-order valence-electron chi connectivity index (χ4n) is 2.82. The van der Waals surface area contributed by atoms with Crippen molar-refractivity contribution in [1.82, 2.24) is 10.2 Å². The lowest BCUT2D eigenvalue weighted by Crippen LogP contribution is -2.26. The molecule has 0 bridgehead atoms. The number of hydrogen-bond acceptors (Lipinski definition) is 3. The van der Waals surface area contributed by atoms with Gasteiger partial charge in [0.25, 0.3) is 0 Å². The highest BCUT2D eigenvalue weighted by Gasteiger charge is 2.20. The number of rotatable bonds is 8. The number of ether oxygens (including phenoxy) is 1. The van der Waals surface area contributed by atoms with Crippen molar-refractivity contribution in [2.75, 3.05) is 32.8 Å². The lowest BCUT2D eigenvalue weighted by atomic mass is 10.1. The van der Waals surface area contributed by atoms with Gasteiger partial charge < -0.3 is 15.0 Å². The van der Waals surface area contributed by atoms with E-state index in [0.29, 0.717) is 0 Å². The van der Waals surface area contributed by atoms with Crippen LogP contribution in [0.15, 0.2) is 22.7 Å². The summed E-state index contributed by atoms with van der Waals surface area (Å²) < 4.78 is 6.94. The Bertz CT molecular complexity index is 439. The van der Waals surface area contributed by atoms with Gasteiger partial charge in [0, 0.05) is 23.1 Å². The third-order valence-corrected chi connectivity index (χ3v) is 4.54. The van der Waals surface area contributed by atoms with Crippen LogP contribution in [-0.2, 0) is 6.54 Å². The predicted octanol–water partition coefficient (Wildman–Crippen LogP) is 3.67. The first kappa shape index (κ1) is 16.8. The Kier molecular flexibility index (Phi) is 7.00. The third-order valence-electron chi connectivity index (χ3n) is 4.05. The van der Waals surface area contributed by atoms with Crippen LogP contribution in [0.25, 0.3) is 0 Å². The summed E-state index contributed by atoms with van der Waals surface area (Å²) in [5, 5.41) is 3.60. The highest BCUT2D eigenvalue weighted by molar-refractivity contribution is 9.10. The molecule has 21 heavy (non-hydrogen) atoms. The maximum atomic E-state index is 5.83. The standard InChI is InChI=1S/C17H27BrN2O/c1-3-9-21-17-6-5-16(18)10-15(17)12-19-11-14-7-8-20(4-2)13-14/h5-6,10,14,19H,3-4,7-9,11-13H2,1-2H3. The van der Waals surface area contributed by atoms with Gasteiger partial charge in [0.05, 0.1) is 6.61 Å². The Morgan fingerprint density at radius 2 is 2.24 bits per heavy atom. The van der Waals surface area contributed by atoms with Gasteiger partial charge in [-0.2, -0.15) is 0 Å². The molecule has 1 aromatic carbocycles. The van der Waals surface area contributed by atoms with Crippen molar-refractivity contribution in [2.45, 2.75) is 33.2 Å². The maximum Gasteiger partial charge on any atom is 0.123 e. The smallest absolute Gasteiger partial charge is 0.123 e. The average molecular weight is 355 g/mol. The summed E-state index contributed by atoms with van der Waals surface area (Å²) in [6.45, 7) is 10.8. The zero-order valence-corrected chi connectivity index (χ0v) is 14.8. The monoisotopic (exact) mass is 354 g/mol. The van der Waals surface area contributed by atoms with Gasteiger partial charge in [-0.3, -0.25) is 0 Å². The van der Waals surface area contributed by atoms with Gasteiger partial charge in [-0.25, -0.2) is 0 Å². The van der Waals surface area contributed by atoms with E-state index in [0.717, 1.165) is 42.3 Å². The van der Waals surface area contributed by atoms with Crippen LogP contribution < -0.4 is 10.1 Å². The van der Waals surface area contributed by atoms with Gasteiger partial charge in [-0.15, -0.1) is 0 Å². The fraction of sp³-hybridized carbons (Fsp3) is 0.647. The normalized spacial score (nSPS) is 19.1. The molecule has 0 aromatic heterocycles. The van der Waals surface area contributed by atoms with Crippen LogP contribution in [0.1, 0.15) is 32.3 Å². The Balaban J connectivity index is 1.83. The van der Waals surface area contributed by atoms with Crippen molar-refractivity contribution in [1.29, 1.82) is 0 Å². The molecule has 118 valence electrons. The maximum absolute atomic E-state index is 5.83. The highest BCUT2D eigenvalue weighted by atomic mass is 79.9. The number of halogens is 1. The fourth-order valence-corrected chi connectivity index (χ4v) is 3.23. The lowest BCUT2D eigenvalue weighted by Gasteiger charge is -2.15. The highest BCUT2D eigenvalue weighted by Crippen LogP contribution is 2.23. The molecule has 1 aliphatic heterocycles. The van der Waals surface area contributed by atoms with Crippen LogP contribution in [0.3, 0.4) is 0 Å². The van der Waals surface area contributed by atoms with Gasteiger partial charge >= 0.3 is 0 Å². The summed E-state index contributed by atoms with van der Waals surface area (Å²) in [5.41, 5.74) is 1.24. The summed E-state index contributed by atoms with van der Waals surface area (Å²) >= 11 is 3.55. The van der Waals surface area contributed by atoms with Gasteiger partial charge in [0.1, 0.15) is 5.75 Å². The molecule has 3 nitrogen and oxygen atoms in total. The Hall–Kier alpha value is -0.580. The Morgan fingerprint density at radius 3 is 2.95 bits per heavy atom. The molecule has 0 radical (unpaired) electrons. The van der Waals surface area contributed by atoms with Crippen molar-refractivity contribution in [3.8, 4) is 5.75 Å². The van der Waals surface area contributed by atoms with Crippen molar-refractivity contribution in [2.24, 2.45) is 5.92 Å². The molecule has 1 unspecified atom stereocenters. The lowest BCUT2D eigenvalue weighted by molar-refractivity contribution is 0.312. The quantitative estimate of drug-likeness (QED) is 0.770. The number of nitrogens with one attached hydrogen (secondary N) is 1. The molecule has 4 heteroatoms. The largest absolute Gasteiger partial charge is 0.493 e. The van der Waals surface area contributed by atoms with E-state index in [4.69, 9.17) is 4.74 Å². The predicted molar refractivity (Wildman–Crippen MR) is 91.9 cm³/mol. The summed E-state index contributed by atoms with van der Waals surface area (Å²) in [6.07, 6.45) is 2.36. The van der Waals surface area contributed by atoms with E-state index < -0.39 is 0 Å². The van der Waals surface area contributed by atoms with E-state index in [-0.39, 0.29) is 0 Å². The van der Waals surface area contributed by atoms with Gasteiger partial charge in [0.15, 0.2) is 0 Å². The van der Waals surface area contributed by atoms with Gasteiger partial charge in [-0.1, -0.05) is 29.8 Å². The zero-order valence-electron chi connectivity index (χ0n) is 13.2. The molecule has 1 atom stereocenters. The van der Waals surface area contributed by atoms with Crippen LogP contribution in [0.2, 0.25) is 0 Å². The van der Waals surface area contributed by atoms with Crippen LogP contribution >= 0.6 is 15.9 Å². The van der Waals surface area contributed by atoms with E-state index in [9.17, 15) is 0 Å². The summed E-state index contributed by atoms with van der Waals surface area (Å²) in [5.74, 6) is 1.80. The molecule has 0 aliphatic carbocycles. The van der Waals surface area contributed by atoms with Crippen molar-refractivity contribution in [3.05, 3.63) is 28.2 Å². The molecule has 0 spiro atoms. The first-order valence-corrected chi connectivity index (χ1v) is 8.86. The Labute approximate surface area is 137 Å². The van der Waals surface area contributed by atoms with Gasteiger partial charge in [-0.05, 0) is 56.6 Å². The minimum absolute atomic E-state index is 0.780. The molecule has 1 aromatic rings. The first-order chi connectivity index (χ1) is 10.2. The molecule has 1 N–H and O–H groups in total. The van der Waals surface area contributed by atoms with Crippen LogP contribution in [-0.4, -0.2) is 37.7 Å². The van der Waals surface area contributed by atoms with Crippen molar-refractivity contribution in [3.63, 3.8) is 0 Å². The number of likely N-dealkylation sites (tertiary alicyclic amines) is 1. The minimum Gasteiger partial charge on any atom is -0.493 e. The van der Waals surface area contributed by atoms with E-state index in [1.807, 2.05) is 6.07 Å². The second-order valence-electron chi connectivity index (χ2n) is 5.78. The molecule has 1 heterocycles. The van der Waals surface area contributed by atoms with Crippen molar-refractivity contribution < 1.29 is 4.74 Å². The average Bonchev–Trinajstić information content (AvgIpc) is 2.94. The van der Waals surface area contributed by atoms with Crippen LogP contribution in [0.4, 0.5) is 0 Å². The molecule has 1 fully saturated rings. The zero-order chi connectivity index (χ0) is 15.1. The molecule has 0 saturated carbocycles.